The molecule has 0 radical (unpaired) electrons. The third-order valence-corrected chi connectivity index (χ3v) is 2.89. The van der Waals surface area contributed by atoms with Crippen LogP contribution in [-0.4, -0.2) is 0 Å². The maximum absolute atomic E-state index is 9.15. The lowest BCUT2D eigenvalue weighted by Crippen LogP contribution is -2.18. The fourth-order valence-electron chi connectivity index (χ4n) is 1.60. The van der Waals surface area contributed by atoms with Crippen molar-refractivity contribution in [2.24, 2.45) is 0 Å². The molecule has 0 aliphatic heterocycles. The zero-order valence-electron chi connectivity index (χ0n) is 9.99. The standard InChI is InChI=1S/C14H16N2/c1-11(2)12-4-6-13(7-5-12)14(3,10-16)8-9-15/h4-7,11H,8H2,1-3H3. The van der Waals surface area contributed by atoms with Gasteiger partial charge in [-0.25, -0.2) is 0 Å². The van der Waals surface area contributed by atoms with Gasteiger partial charge in [-0.05, 0) is 24.0 Å². The smallest absolute Gasteiger partial charge is 0.0923 e. The first-order chi connectivity index (χ1) is 7.53. The third kappa shape index (κ3) is 2.41. The van der Waals surface area contributed by atoms with Gasteiger partial charge in [0.15, 0.2) is 0 Å². The summed E-state index contributed by atoms with van der Waals surface area (Å²) in [5, 5.41) is 17.9. The SMILES string of the molecule is CC(C)c1ccc(C(C)(C#N)CC#N)cc1. The average Bonchev–Trinajstić information content (AvgIpc) is 2.29. The van der Waals surface area contributed by atoms with Gasteiger partial charge in [-0.2, -0.15) is 10.5 Å². The Bertz CT molecular complexity index is 431. The van der Waals surface area contributed by atoms with E-state index in [1.54, 1.807) is 6.92 Å². The van der Waals surface area contributed by atoms with Crippen LogP contribution in [0.15, 0.2) is 24.3 Å². The van der Waals surface area contributed by atoms with Crippen LogP contribution in [0, 0.1) is 22.7 Å². The molecule has 0 N–H and O–H groups in total. The second-order valence-corrected chi connectivity index (χ2v) is 4.56. The van der Waals surface area contributed by atoms with E-state index in [0.29, 0.717) is 5.92 Å². The van der Waals surface area contributed by atoms with E-state index in [9.17, 15) is 0 Å². The maximum Gasteiger partial charge on any atom is 0.0923 e. The average molecular weight is 212 g/mol. The first-order valence-electron chi connectivity index (χ1n) is 5.42. The van der Waals surface area contributed by atoms with Crippen LogP contribution in [0.4, 0.5) is 0 Å². The number of rotatable bonds is 3. The summed E-state index contributed by atoms with van der Waals surface area (Å²) in [5.41, 5.74) is 1.48. The van der Waals surface area contributed by atoms with Crippen LogP contribution in [0.5, 0.6) is 0 Å². The van der Waals surface area contributed by atoms with Gasteiger partial charge in [-0.15, -0.1) is 0 Å². The number of hydrogen-bond acceptors (Lipinski definition) is 2. The number of nitrogens with zero attached hydrogens (tertiary/aromatic N) is 2. The Hall–Kier alpha value is -1.80. The molecule has 2 nitrogen and oxygen atoms in total. The quantitative estimate of drug-likeness (QED) is 0.769. The Kier molecular flexibility index (Phi) is 3.69. The van der Waals surface area contributed by atoms with Crippen molar-refractivity contribution >= 4 is 0 Å². The lowest BCUT2D eigenvalue weighted by Gasteiger charge is -2.19. The van der Waals surface area contributed by atoms with Crippen LogP contribution < -0.4 is 0 Å². The van der Waals surface area contributed by atoms with E-state index in [1.807, 2.05) is 24.3 Å². The second-order valence-electron chi connectivity index (χ2n) is 4.56. The molecule has 0 aliphatic carbocycles. The molecule has 1 atom stereocenters. The van der Waals surface area contributed by atoms with Crippen LogP contribution in [0.2, 0.25) is 0 Å². The van der Waals surface area contributed by atoms with Crippen molar-refractivity contribution in [3.63, 3.8) is 0 Å². The Labute approximate surface area is 97.1 Å². The second kappa shape index (κ2) is 4.81. The molecular weight excluding hydrogens is 196 g/mol. The largest absolute Gasteiger partial charge is 0.198 e. The number of hydrogen-bond donors (Lipinski definition) is 0. The van der Waals surface area contributed by atoms with E-state index < -0.39 is 5.41 Å². The van der Waals surface area contributed by atoms with Crippen LogP contribution in [0.25, 0.3) is 0 Å². The molecule has 0 amide bonds. The summed E-state index contributed by atoms with van der Waals surface area (Å²) in [6.45, 7) is 6.07. The predicted octanol–water partition coefficient (Wildman–Crippen LogP) is 3.50. The zero-order valence-corrected chi connectivity index (χ0v) is 9.99. The Morgan fingerprint density at radius 1 is 1.19 bits per heavy atom. The van der Waals surface area contributed by atoms with Crippen molar-refractivity contribution < 1.29 is 0 Å². The molecule has 2 heteroatoms. The molecule has 0 bridgehead atoms. The summed E-state index contributed by atoms with van der Waals surface area (Å²) in [4.78, 5) is 0. The van der Waals surface area contributed by atoms with Gasteiger partial charge in [0.1, 0.15) is 0 Å². The molecule has 1 aromatic rings. The van der Waals surface area contributed by atoms with Gasteiger partial charge in [0, 0.05) is 0 Å². The predicted molar refractivity (Wildman–Crippen MR) is 63.7 cm³/mol. The third-order valence-electron chi connectivity index (χ3n) is 2.89. The Morgan fingerprint density at radius 2 is 1.75 bits per heavy atom. The molecule has 0 saturated heterocycles. The molecule has 0 fully saturated rings. The highest BCUT2D eigenvalue weighted by Gasteiger charge is 2.26. The Balaban J connectivity index is 3.06. The van der Waals surface area contributed by atoms with Crippen LogP contribution in [0.3, 0.4) is 0 Å². The lowest BCUT2D eigenvalue weighted by atomic mass is 9.81. The molecule has 0 spiro atoms. The van der Waals surface area contributed by atoms with Gasteiger partial charge in [0.2, 0.25) is 0 Å². The highest BCUT2D eigenvalue weighted by molar-refractivity contribution is 5.35. The highest BCUT2D eigenvalue weighted by atomic mass is 14.4. The van der Waals surface area contributed by atoms with E-state index >= 15 is 0 Å². The molecule has 0 saturated carbocycles. The van der Waals surface area contributed by atoms with E-state index in [-0.39, 0.29) is 6.42 Å². The molecule has 1 unspecified atom stereocenters. The maximum atomic E-state index is 9.15. The molecule has 0 aliphatic rings. The van der Waals surface area contributed by atoms with Crippen LogP contribution in [-0.2, 0) is 5.41 Å². The molecule has 82 valence electrons. The van der Waals surface area contributed by atoms with Crippen molar-refractivity contribution in [1.29, 1.82) is 10.5 Å². The summed E-state index contributed by atoms with van der Waals surface area (Å²) < 4.78 is 0. The molecule has 0 heterocycles. The van der Waals surface area contributed by atoms with Crippen LogP contribution >= 0.6 is 0 Å². The summed E-state index contributed by atoms with van der Waals surface area (Å²) in [5.74, 6) is 0.485. The minimum atomic E-state index is -0.690. The van der Waals surface area contributed by atoms with Crippen molar-refractivity contribution in [3.8, 4) is 12.1 Å². The first-order valence-corrected chi connectivity index (χ1v) is 5.42. The molecule has 1 rings (SSSR count). The van der Waals surface area contributed by atoms with E-state index in [0.717, 1.165) is 5.56 Å². The fraction of sp³-hybridized carbons (Fsp3) is 0.429. The molecule has 16 heavy (non-hydrogen) atoms. The Morgan fingerprint density at radius 3 is 2.12 bits per heavy atom. The topological polar surface area (TPSA) is 47.6 Å². The first kappa shape index (κ1) is 12.3. The summed E-state index contributed by atoms with van der Waals surface area (Å²) >= 11 is 0. The number of benzene rings is 1. The molecule has 0 aromatic heterocycles. The van der Waals surface area contributed by atoms with Gasteiger partial charge in [-0.3, -0.25) is 0 Å². The highest BCUT2D eigenvalue weighted by Crippen LogP contribution is 2.27. The molecule has 1 aromatic carbocycles. The fourth-order valence-corrected chi connectivity index (χ4v) is 1.60. The van der Waals surface area contributed by atoms with Gasteiger partial charge in [-0.1, -0.05) is 38.1 Å². The van der Waals surface area contributed by atoms with E-state index in [4.69, 9.17) is 10.5 Å². The van der Waals surface area contributed by atoms with Crippen molar-refractivity contribution in [2.45, 2.75) is 38.5 Å². The lowest BCUT2D eigenvalue weighted by molar-refractivity contribution is 0.627. The van der Waals surface area contributed by atoms with Crippen LogP contribution in [0.1, 0.15) is 44.2 Å². The van der Waals surface area contributed by atoms with E-state index in [1.165, 1.54) is 5.56 Å². The summed E-state index contributed by atoms with van der Waals surface area (Å²) in [6, 6.07) is 12.3. The van der Waals surface area contributed by atoms with Crippen molar-refractivity contribution in [3.05, 3.63) is 35.4 Å². The van der Waals surface area contributed by atoms with Gasteiger partial charge in [0.25, 0.3) is 0 Å². The molecular formula is C14H16N2. The van der Waals surface area contributed by atoms with Crippen molar-refractivity contribution in [2.75, 3.05) is 0 Å². The summed E-state index contributed by atoms with van der Waals surface area (Å²) in [7, 11) is 0. The summed E-state index contributed by atoms with van der Waals surface area (Å²) in [6.07, 6.45) is 0.227. The normalized spacial score (nSPS) is 13.9. The van der Waals surface area contributed by atoms with Gasteiger partial charge < -0.3 is 0 Å². The monoisotopic (exact) mass is 212 g/mol. The minimum absolute atomic E-state index is 0.227. The minimum Gasteiger partial charge on any atom is -0.198 e. The van der Waals surface area contributed by atoms with Gasteiger partial charge in [0.05, 0.1) is 24.0 Å². The number of nitriles is 2. The van der Waals surface area contributed by atoms with E-state index in [2.05, 4.69) is 26.0 Å². The van der Waals surface area contributed by atoms with Crippen molar-refractivity contribution in [1.82, 2.24) is 0 Å². The van der Waals surface area contributed by atoms with Gasteiger partial charge >= 0.3 is 0 Å². The zero-order chi connectivity index (χ0) is 12.2.